The van der Waals surface area contributed by atoms with Gasteiger partial charge in [0.15, 0.2) is 0 Å². The summed E-state index contributed by atoms with van der Waals surface area (Å²) in [5, 5.41) is 0. The van der Waals surface area contributed by atoms with Gasteiger partial charge in [0, 0.05) is 6.04 Å². The van der Waals surface area contributed by atoms with E-state index in [4.69, 9.17) is 10.5 Å². The van der Waals surface area contributed by atoms with E-state index in [0.29, 0.717) is 6.61 Å². The topological polar surface area (TPSA) is 52.3 Å². The van der Waals surface area contributed by atoms with E-state index >= 15 is 0 Å². The van der Waals surface area contributed by atoms with Crippen molar-refractivity contribution in [1.82, 2.24) is 0 Å². The van der Waals surface area contributed by atoms with Crippen LogP contribution in [0.15, 0.2) is 0 Å². The van der Waals surface area contributed by atoms with Crippen molar-refractivity contribution in [1.29, 1.82) is 0 Å². The van der Waals surface area contributed by atoms with Crippen LogP contribution in [0.5, 0.6) is 0 Å². The molecule has 0 aromatic heterocycles. The van der Waals surface area contributed by atoms with Gasteiger partial charge in [-0.3, -0.25) is 4.79 Å². The van der Waals surface area contributed by atoms with E-state index in [1.807, 2.05) is 13.8 Å². The monoisotopic (exact) mass is 171 g/mol. The zero-order chi connectivity index (χ0) is 9.19. The van der Waals surface area contributed by atoms with E-state index < -0.39 is 5.41 Å². The molecule has 1 saturated carbocycles. The summed E-state index contributed by atoms with van der Waals surface area (Å²) in [5.41, 5.74) is 5.42. The van der Waals surface area contributed by atoms with Gasteiger partial charge < -0.3 is 10.5 Å². The fourth-order valence-corrected chi connectivity index (χ4v) is 1.74. The van der Waals surface area contributed by atoms with E-state index in [-0.39, 0.29) is 12.0 Å². The second kappa shape index (κ2) is 3.44. The van der Waals surface area contributed by atoms with Crippen molar-refractivity contribution in [2.24, 2.45) is 11.1 Å². The first-order valence-corrected chi connectivity index (χ1v) is 4.54. The average Bonchev–Trinajstić information content (AvgIpc) is 2.34. The van der Waals surface area contributed by atoms with Crippen LogP contribution in [0.2, 0.25) is 0 Å². The first-order valence-electron chi connectivity index (χ1n) is 4.54. The number of nitrogens with two attached hydrogens (primary N) is 1. The van der Waals surface area contributed by atoms with Crippen molar-refractivity contribution in [2.45, 2.75) is 39.2 Å². The maximum Gasteiger partial charge on any atom is 0.313 e. The Hall–Kier alpha value is -0.570. The molecule has 0 aromatic carbocycles. The third kappa shape index (κ3) is 1.46. The van der Waals surface area contributed by atoms with Crippen LogP contribution in [0.25, 0.3) is 0 Å². The largest absolute Gasteiger partial charge is 0.466 e. The Morgan fingerprint density at radius 3 is 2.83 bits per heavy atom. The Morgan fingerprint density at radius 2 is 2.42 bits per heavy atom. The Kier molecular flexibility index (Phi) is 2.73. The number of esters is 1. The summed E-state index contributed by atoms with van der Waals surface area (Å²) in [6, 6.07) is -0.0171. The molecule has 0 aromatic rings. The van der Waals surface area contributed by atoms with Gasteiger partial charge in [-0.15, -0.1) is 0 Å². The minimum absolute atomic E-state index is 0.0171. The van der Waals surface area contributed by atoms with E-state index in [0.717, 1.165) is 19.3 Å². The van der Waals surface area contributed by atoms with Crippen LogP contribution < -0.4 is 5.73 Å². The van der Waals surface area contributed by atoms with Crippen LogP contribution in [-0.2, 0) is 9.53 Å². The van der Waals surface area contributed by atoms with Gasteiger partial charge in [0.05, 0.1) is 12.0 Å². The highest BCUT2D eigenvalue weighted by Gasteiger charge is 2.44. The van der Waals surface area contributed by atoms with Gasteiger partial charge in [0.2, 0.25) is 0 Å². The lowest BCUT2D eigenvalue weighted by molar-refractivity contribution is -0.154. The first-order chi connectivity index (χ1) is 5.61. The summed E-state index contributed by atoms with van der Waals surface area (Å²) in [6.45, 7) is 4.17. The highest BCUT2D eigenvalue weighted by molar-refractivity contribution is 5.77. The third-order valence-corrected chi connectivity index (χ3v) is 2.77. The molecular weight excluding hydrogens is 154 g/mol. The fourth-order valence-electron chi connectivity index (χ4n) is 1.74. The Labute approximate surface area is 73.3 Å². The lowest BCUT2D eigenvalue weighted by Gasteiger charge is -2.25. The molecule has 1 rings (SSSR count). The van der Waals surface area contributed by atoms with Gasteiger partial charge in [0.25, 0.3) is 0 Å². The third-order valence-electron chi connectivity index (χ3n) is 2.77. The Bertz CT molecular complexity index is 181. The molecule has 0 heterocycles. The number of ether oxygens (including phenoxy) is 1. The van der Waals surface area contributed by atoms with E-state index in [1.165, 1.54) is 0 Å². The molecule has 70 valence electrons. The van der Waals surface area contributed by atoms with Crippen molar-refractivity contribution >= 4 is 5.97 Å². The highest BCUT2D eigenvalue weighted by Crippen LogP contribution is 2.37. The molecule has 1 aliphatic rings. The van der Waals surface area contributed by atoms with Crippen molar-refractivity contribution < 1.29 is 9.53 Å². The zero-order valence-electron chi connectivity index (χ0n) is 7.80. The Balaban J connectivity index is 2.63. The van der Waals surface area contributed by atoms with E-state index in [1.54, 1.807) is 0 Å². The summed E-state index contributed by atoms with van der Waals surface area (Å²) in [6.07, 6.45) is 2.85. The van der Waals surface area contributed by atoms with Crippen molar-refractivity contribution in [3.63, 3.8) is 0 Å². The SMILES string of the molecule is CCOC(=O)[C@]1(C)CCC[C@H]1N. The molecule has 0 aliphatic heterocycles. The van der Waals surface area contributed by atoms with Crippen LogP contribution in [0, 0.1) is 5.41 Å². The summed E-state index contributed by atoms with van der Waals surface area (Å²) in [7, 11) is 0. The fraction of sp³-hybridized carbons (Fsp3) is 0.889. The minimum atomic E-state index is -0.421. The molecule has 0 bridgehead atoms. The zero-order valence-corrected chi connectivity index (χ0v) is 7.80. The van der Waals surface area contributed by atoms with Gasteiger partial charge in [-0.1, -0.05) is 6.42 Å². The second-order valence-corrected chi connectivity index (χ2v) is 3.64. The lowest BCUT2D eigenvalue weighted by atomic mass is 9.85. The molecule has 0 spiro atoms. The predicted molar refractivity (Wildman–Crippen MR) is 46.6 cm³/mol. The molecule has 0 radical (unpaired) electrons. The maximum absolute atomic E-state index is 11.5. The van der Waals surface area contributed by atoms with E-state index in [2.05, 4.69) is 0 Å². The first kappa shape index (κ1) is 9.52. The number of rotatable bonds is 2. The molecule has 1 aliphatic carbocycles. The van der Waals surface area contributed by atoms with Crippen molar-refractivity contribution in [2.75, 3.05) is 6.61 Å². The quantitative estimate of drug-likeness (QED) is 0.632. The van der Waals surface area contributed by atoms with Gasteiger partial charge in [-0.2, -0.15) is 0 Å². The maximum atomic E-state index is 11.5. The minimum Gasteiger partial charge on any atom is -0.466 e. The molecule has 2 atom stereocenters. The number of hydrogen-bond donors (Lipinski definition) is 1. The summed E-state index contributed by atoms with van der Waals surface area (Å²) < 4.78 is 4.98. The lowest BCUT2D eigenvalue weighted by Crippen LogP contribution is -2.42. The van der Waals surface area contributed by atoms with Gasteiger partial charge in [0.1, 0.15) is 0 Å². The van der Waals surface area contributed by atoms with Gasteiger partial charge >= 0.3 is 5.97 Å². The van der Waals surface area contributed by atoms with Crippen LogP contribution in [0.3, 0.4) is 0 Å². The number of carbonyl (C=O) groups excluding carboxylic acids is 1. The van der Waals surface area contributed by atoms with Crippen molar-refractivity contribution in [3.8, 4) is 0 Å². The molecule has 12 heavy (non-hydrogen) atoms. The summed E-state index contributed by atoms with van der Waals surface area (Å²) >= 11 is 0. The molecule has 3 nitrogen and oxygen atoms in total. The summed E-state index contributed by atoms with van der Waals surface area (Å²) in [5.74, 6) is -0.130. The highest BCUT2D eigenvalue weighted by atomic mass is 16.5. The summed E-state index contributed by atoms with van der Waals surface area (Å²) in [4.78, 5) is 11.5. The molecule has 0 saturated heterocycles. The van der Waals surface area contributed by atoms with Crippen molar-refractivity contribution in [3.05, 3.63) is 0 Å². The molecule has 0 amide bonds. The normalized spacial score (nSPS) is 35.1. The molecule has 0 unspecified atom stereocenters. The predicted octanol–water partition coefficient (Wildman–Crippen LogP) is 1.07. The molecule has 3 heteroatoms. The van der Waals surface area contributed by atoms with E-state index in [9.17, 15) is 4.79 Å². The molecule has 1 fully saturated rings. The standard InChI is InChI=1S/C9H17NO2/c1-3-12-8(11)9(2)6-4-5-7(9)10/h7H,3-6,10H2,1-2H3/t7-,9-/m1/s1. The van der Waals surface area contributed by atoms with Crippen LogP contribution in [-0.4, -0.2) is 18.6 Å². The van der Waals surface area contributed by atoms with Gasteiger partial charge in [-0.25, -0.2) is 0 Å². The average molecular weight is 171 g/mol. The number of carbonyl (C=O) groups is 1. The van der Waals surface area contributed by atoms with Crippen LogP contribution in [0.4, 0.5) is 0 Å². The smallest absolute Gasteiger partial charge is 0.313 e. The van der Waals surface area contributed by atoms with Crippen LogP contribution in [0.1, 0.15) is 33.1 Å². The number of hydrogen-bond acceptors (Lipinski definition) is 3. The Morgan fingerprint density at radius 1 is 1.75 bits per heavy atom. The molecular formula is C9H17NO2. The molecule has 2 N–H and O–H groups in total. The second-order valence-electron chi connectivity index (χ2n) is 3.64. The van der Waals surface area contributed by atoms with Gasteiger partial charge in [-0.05, 0) is 26.7 Å². The van der Waals surface area contributed by atoms with Crippen LogP contribution >= 0.6 is 0 Å².